The van der Waals surface area contributed by atoms with Crippen molar-refractivity contribution in [1.82, 2.24) is 0 Å². The lowest BCUT2D eigenvalue weighted by atomic mass is 9.76. The van der Waals surface area contributed by atoms with Gasteiger partial charge in [0, 0.05) is 13.2 Å². The maximum Gasteiger partial charge on any atom is 0.0434 e. The number of hydrogen-bond donors (Lipinski definition) is 2. The van der Waals surface area contributed by atoms with Gasteiger partial charge in [0.1, 0.15) is 0 Å². The molecule has 0 amide bonds. The number of aliphatic hydroxyl groups is 2. The predicted molar refractivity (Wildman–Crippen MR) is 156 cm³/mol. The number of rotatable bonds is 12. The normalized spacial score (nSPS) is 11.6. The van der Waals surface area contributed by atoms with E-state index in [0.717, 1.165) is 38.5 Å². The highest BCUT2D eigenvalue weighted by atomic mass is 16.3. The lowest BCUT2D eigenvalue weighted by Crippen LogP contribution is -2.19. The van der Waals surface area contributed by atoms with Crippen LogP contribution >= 0.6 is 0 Å². The molecule has 4 aromatic rings. The Balaban J connectivity index is 1.63. The molecule has 0 fully saturated rings. The standard InChI is InChI=1S/C35H40O2/c1-35(2,25-29-15-5-9-21-33(29)31-19-7-3-13-27(31)17-11-23-36)26-30-16-6-10-22-34(30)32-20-8-4-14-28(32)18-12-24-37/h3-10,13-16,19-22,36-37H,11-12,17-18,23-26H2,1-2H3. The zero-order valence-corrected chi connectivity index (χ0v) is 22.3. The summed E-state index contributed by atoms with van der Waals surface area (Å²) in [5.41, 5.74) is 10.5. The first-order chi connectivity index (χ1) is 18.0. The summed E-state index contributed by atoms with van der Waals surface area (Å²) in [6, 6.07) is 34.8. The average Bonchev–Trinajstić information content (AvgIpc) is 2.91. The first kappa shape index (κ1) is 26.9. The van der Waals surface area contributed by atoms with Crippen molar-refractivity contribution in [3.8, 4) is 22.3 Å². The number of aryl methyl sites for hydroxylation is 2. The van der Waals surface area contributed by atoms with E-state index < -0.39 is 0 Å². The highest BCUT2D eigenvalue weighted by Crippen LogP contribution is 2.37. The highest BCUT2D eigenvalue weighted by molar-refractivity contribution is 5.72. The lowest BCUT2D eigenvalue weighted by Gasteiger charge is -2.28. The van der Waals surface area contributed by atoms with Crippen LogP contribution in [0.2, 0.25) is 0 Å². The van der Waals surface area contributed by atoms with Crippen LogP contribution in [0.4, 0.5) is 0 Å². The maximum atomic E-state index is 9.39. The molecule has 192 valence electrons. The zero-order chi connectivity index (χ0) is 26.1. The predicted octanol–water partition coefficient (Wildman–Crippen LogP) is 7.68. The molecule has 0 aromatic heterocycles. The summed E-state index contributed by atoms with van der Waals surface area (Å²) in [5.74, 6) is 0. The van der Waals surface area contributed by atoms with Crippen molar-refractivity contribution in [1.29, 1.82) is 0 Å². The molecule has 0 aliphatic rings. The second-order valence-electron chi connectivity index (χ2n) is 10.8. The summed E-state index contributed by atoms with van der Waals surface area (Å²) in [6.07, 6.45) is 5.26. The van der Waals surface area contributed by atoms with Crippen LogP contribution in [0, 0.1) is 5.41 Å². The molecular formula is C35H40O2. The second kappa shape index (κ2) is 12.9. The SMILES string of the molecule is CC(C)(Cc1ccccc1-c1ccccc1CCCO)Cc1ccccc1-c1ccccc1CCCO. The molecule has 0 heterocycles. The van der Waals surface area contributed by atoms with Gasteiger partial charge in [-0.05, 0) is 88.4 Å². The third-order valence-electron chi connectivity index (χ3n) is 7.20. The summed E-state index contributed by atoms with van der Waals surface area (Å²) in [7, 11) is 0. The monoisotopic (exact) mass is 492 g/mol. The molecule has 0 saturated heterocycles. The number of hydrogen-bond acceptors (Lipinski definition) is 2. The first-order valence-corrected chi connectivity index (χ1v) is 13.6. The third-order valence-corrected chi connectivity index (χ3v) is 7.20. The Labute approximate surface area is 222 Å². The number of benzene rings is 4. The summed E-state index contributed by atoms with van der Waals surface area (Å²) >= 11 is 0. The number of aliphatic hydroxyl groups excluding tert-OH is 2. The molecule has 0 spiro atoms. The van der Waals surface area contributed by atoms with Gasteiger partial charge in [-0.15, -0.1) is 0 Å². The van der Waals surface area contributed by atoms with E-state index in [0.29, 0.717) is 0 Å². The molecule has 0 radical (unpaired) electrons. The van der Waals surface area contributed by atoms with Crippen molar-refractivity contribution in [2.45, 2.75) is 52.4 Å². The smallest absolute Gasteiger partial charge is 0.0434 e. The molecule has 0 unspecified atom stereocenters. The van der Waals surface area contributed by atoms with E-state index in [1.54, 1.807) is 0 Å². The Morgan fingerprint density at radius 3 is 1.11 bits per heavy atom. The fraction of sp³-hybridized carbons (Fsp3) is 0.314. The van der Waals surface area contributed by atoms with Crippen molar-refractivity contribution in [3.63, 3.8) is 0 Å². The third kappa shape index (κ3) is 6.97. The zero-order valence-electron chi connectivity index (χ0n) is 22.3. The van der Waals surface area contributed by atoms with Crippen LogP contribution in [0.15, 0.2) is 97.1 Å². The van der Waals surface area contributed by atoms with Crippen LogP contribution in [0.1, 0.15) is 48.9 Å². The molecule has 2 heteroatoms. The molecule has 0 aliphatic heterocycles. The van der Waals surface area contributed by atoms with Gasteiger partial charge in [-0.2, -0.15) is 0 Å². The van der Waals surface area contributed by atoms with Gasteiger partial charge in [0.2, 0.25) is 0 Å². The minimum Gasteiger partial charge on any atom is -0.396 e. The van der Waals surface area contributed by atoms with E-state index in [4.69, 9.17) is 0 Å². The molecular weight excluding hydrogens is 452 g/mol. The topological polar surface area (TPSA) is 40.5 Å². The van der Waals surface area contributed by atoms with Gasteiger partial charge in [-0.1, -0.05) is 111 Å². The van der Waals surface area contributed by atoms with E-state index in [9.17, 15) is 10.2 Å². The van der Waals surface area contributed by atoms with E-state index in [-0.39, 0.29) is 18.6 Å². The molecule has 2 N–H and O–H groups in total. The summed E-state index contributed by atoms with van der Waals surface area (Å²) in [6.45, 7) is 5.17. The highest BCUT2D eigenvalue weighted by Gasteiger charge is 2.23. The van der Waals surface area contributed by atoms with Crippen molar-refractivity contribution in [2.24, 2.45) is 5.41 Å². The van der Waals surface area contributed by atoms with Gasteiger partial charge in [-0.25, -0.2) is 0 Å². The Morgan fingerprint density at radius 2 is 0.757 bits per heavy atom. The van der Waals surface area contributed by atoms with Gasteiger partial charge in [0.25, 0.3) is 0 Å². The molecule has 4 rings (SSSR count). The Morgan fingerprint density at radius 1 is 0.459 bits per heavy atom. The molecule has 0 aliphatic carbocycles. The molecule has 2 nitrogen and oxygen atoms in total. The summed E-state index contributed by atoms with van der Waals surface area (Å²) in [4.78, 5) is 0. The van der Waals surface area contributed by atoms with Crippen LogP contribution in [-0.4, -0.2) is 23.4 Å². The summed E-state index contributed by atoms with van der Waals surface area (Å²) in [5, 5.41) is 18.8. The minimum atomic E-state index is 0.0479. The molecule has 0 saturated carbocycles. The van der Waals surface area contributed by atoms with Gasteiger partial charge in [-0.3, -0.25) is 0 Å². The maximum absolute atomic E-state index is 9.39. The van der Waals surface area contributed by atoms with Gasteiger partial charge >= 0.3 is 0 Å². The van der Waals surface area contributed by atoms with Crippen LogP contribution in [0.5, 0.6) is 0 Å². The van der Waals surface area contributed by atoms with E-state index in [2.05, 4.69) is 111 Å². The van der Waals surface area contributed by atoms with Gasteiger partial charge in [0.05, 0.1) is 0 Å². The van der Waals surface area contributed by atoms with Crippen molar-refractivity contribution >= 4 is 0 Å². The van der Waals surface area contributed by atoms with Gasteiger partial charge < -0.3 is 10.2 Å². The average molecular weight is 493 g/mol. The fourth-order valence-corrected chi connectivity index (χ4v) is 5.51. The fourth-order valence-electron chi connectivity index (χ4n) is 5.51. The summed E-state index contributed by atoms with van der Waals surface area (Å²) < 4.78 is 0. The van der Waals surface area contributed by atoms with E-state index in [1.165, 1.54) is 44.5 Å². The lowest BCUT2D eigenvalue weighted by molar-refractivity contribution is 0.288. The van der Waals surface area contributed by atoms with Crippen LogP contribution < -0.4 is 0 Å². The van der Waals surface area contributed by atoms with Crippen LogP contribution in [-0.2, 0) is 25.7 Å². The largest absolute Gasteiger partial charge is 0.396 e. The van der Waals surface area contributed by atoms with E-state index in [1.807, 2.05) is 0 Å². The molecule has 4 aromatic carbocycles. The molecule has 37 heavy (non-hydrogen) atoms. The molecule has 0 atom stereocenters. The Kier molecular flexibility index (Phi) is 9.33. The molecule has 0 bridgehead atoms. The van der Waals surface area contributed by atoms with E-state index >= 15 is 0 Å². The minimum absolute atomic E-state index is 0.0479. The second-order valence-corrected chi connectivity index (χ2v) is 10.8. The van der Waals surface area contributed by atoms with Crippen LogP contribution in [0.3, 0.4) is 0 Å². The Hall–Kier alpha value is -3.20. The quantitative estimate of drug-likeness (QED) is 0.213. The Bertz CT molecular complexity index is 1190. The van der Waals surface area contributed by atoms with Crippen molar-refractivity contribution < 1.29 is 10.2 Å². The first-order valence-electron chi connectivity index (χ1n) is 13.6. The van der Waals surface area contributed by atoms with Crippen LogP contribution in [0.25, 0.3) is 22.3 Å². The van der Waals surface area contributed by atoms with Crippen molar-refractivity contribution in [3.05, 3.63) is 119 Å². The van der Waals surface area contributed by atoms with Crippen molar-refractivity contribution in [2.75, 3.05) is 13.2 Å². The van der Waals surface area contributed by atoms with Gasteiger partial charge in [0.15, 0.2) is 0 Å².